The van der Waals surface area contributed by atoms with Crippen molar-refractivity contribution in [2.45, 2.75) is 38.9 Å². The SMILES string of the molecule is Cn1c(OC2CCN(C(=O)OC(C)(C)C)C2)cc(=O)n(C)c1=O. The molecule has 0 saturated carbocycles. The van der Waals surface area contributed by atoms with Crippen LogP contribution in [0.3, 0.4) is 0 Å². The van der Waals surface area contributed by atoms with Crippen LogP contribution in [-0.2, 0) is 18.8 Å². The van der Waals surface area contributed by atoms with Gasteiger partial charge in [0.15, 0.2) is 0 Å². The van der Waals surface area contributed by atoms with Crippen molar-refractivity contribution in [1.82, 2.24) is 14.0 Å². The van der Waals surface area contributed by atoms with Gasteiger partial charge in [-0.3, -0.25) is 13.9 Å². The van der Waals surface area contributed by atoms with Gasteiger partial charge in [-0.05, 0) is 20.8 Å². The van der Waals surface area contributed by atoms with Gasteiger partial charge in [0, 0.05) is 27.1 Å². The fourth-order valence-electron chi connectivity index (χ4n) is 2.31. The first-order chi connectivity index (χ1) is 10.6. The molecule has 1 unspecified atom stereocenters. The molecule has 1 fully saturated rings. The molecule has 1 aromatic heterocycles. The predicted molar refractivity (Wildman–Crippen MR) is 83.8 cm³/mol. The summed E-state index contributed by atoms with van der Waals surface area (Å²) in [6.45, 7) is 6.30. The maximum Gasteiger partial charge on any atom is 0.410 e. The largest absolute Gasteiger partial charge is 0.473 e. The molecule has 128 valence electrons. The molecule has 1 saturated heterocycles. The highest BCUT2D eigenvalue weighted by Gasteiger charge is 2.31. The summed E-state index contributed by atoms with van der Waals surface area (Å²) in [7, 11) is 2.95. The third kappa shape index (κ3) is 3.94. The van der Waals surface area contributed by atoms with E-state index >= 15 is 0 Å². The molecule has 0 bridgehead atoms. The molecule has 1 aliphatic heterocycles. The summed E-state index contributed by atoms with van der Waals surface area (Å²) in [5, 5.41) is 0. The van der Waals surface area contributed by atoms with E-state index in [0.29, 0.717) is 19.5 Å². The number of hydrogen-bond donors (Lipinski definition) is 0. The number of likely N-dealkylation sites (tertiary alicyclic amines) is 1. The number of ether oxygens (including phenoxy) is 2. The number of hydrogen-bond acceptors (Lipinski definition) is 5. The molecular formula is C15H23N3O5. The molecule has 1 amide bonds. The van der Waals surface area contributed by atoms with Gasteiger partial charge in [-0.2, -0.15) is 0 Å². The maximum absolute atomic E-state index is 12.0. The monoisotopic (exact) mass is 325 g/mol. The molecule has 1 aliphatic rings. The molecule has 1 atom stereocenters. The van der Waals surface area contributed by atoms with Crippen LogP contribution in [0.4, 0.5) is 4.79 Å². The molecule has 2 heterocycles. The first-order valence-electron chi connectivity index (χ1n) is 7.50. The molecular weight excluding hydrogens is 302 g/mol. The number of carbonyl (C=O) groups is 1. The van der Waals surface area contributed by atoms with Gasteiger partial charge in [0.2, 0.25) is 5.88 Å². The van der Waals surface area contributed by atoms with Gasteiger partial charge in [-0.1, -0.05) is 0 Å². The quantitative estimate of drug-likeness (QED) is 0.789. The third-order valence-electron chi connectivity index (χ3n) is 3.57. The third-order valence-corrected chi connectivity index (χ3v) is 3.57. The lowest BCUT2D eigenvalue weighted by molar-refractivity contribution is 0.0274. The van der Waals surface area contributed by atoms with E-state index < -0.39 is 16.9 Å². The Morgan fingerprint density at radius 2 is 1.87 bits per heavy atom. The Morgan fingerprint density at radius 3 is 2.48 bits per heavy atom. The van der Waals surface area contributed by atoms with E-state index in [1.807, 2.05) is 20.8 Å². The topological polar surface area (TPSA) is 82.8 Å². The van der Waals surface area contributed by atoms with Crippen LogP contribution in [0.2, 0.25) is 0 Å². The number of rotatable bonds is 2. The first kappa shape index (κ1) is 17.1. The number of amides is 1. The van der Waals surface area contributed by atoms with E-state index in [-0.39, 0.29) is 18.1 Å². The number of nitrogens with zero attached hydrogens (tertiary/aromatic N) is 3. The van der Waals surface area contributed by atoms with Crippen LogP contribution in [0, 0.1) is 0 Å². The molecule has 8 nitrogen and oxygen atoms in total. The molecule has 0 spiro atoms. The predicted octanol–water partition coefficient (Wildman–Crippen LogP) is 0.472. The Morgan fingerprint density at radius 1 is 1.22 bits per heavy atom. The average Bonchev–Trinajstić information content (AvgIpc) is 2.89. The van der Waals surface area contributed by atoms with Crippen LogP contribution >= 0.6 is 0 Å². The van der Waals surface area contributed by atoms with E-state index in [0.717, 1.165) is 4.57 Å². The molecule has 8 heteroatoms. The average molecular weight is 325 g/mol. The summed E-state index contributed by atoms with van der Waals surface area (Å²) in [6, 6.07) is 1.28. The van der Waals surface area contributed by atoms with Gasteiger partial charge in [0.25, 0.3) is 5.56 Å². The first-order valence-corrected chi connectivity index (χ1v) is 7.50. The van der Waals surface area contributed by atoms with Crippen molar-refractivity contribution in [3.05, 3.63) is 26.9 Å². The van der Waals surface area contributed by atoms with Crippen LogP contribution in [-0.4, -0.2) is 44.9 Å². The second-order valence-electron chi connectivity index (χ2n) is 6.68. The zero-order valence-corrected chi connectivity index (χ0v) is 14.2. The lowest BCUT2D eigenvalue weighted by Crippen LogP contribution is -2.38. The zero-order valence-electron chi connectivity index (χ0n) is 14.2. The highest BCUT2D eigenvalue weighted by Crippen LogP contribution is 2.18. The van der Waals surface area contributed by atoms with Gasteiger partial charge in [-0.25, -0.2) is 9.59 Å². The smallest absolute Gasteiger partial charge is 0.410 e. The van der Waals surface area contributed by atoms with Crippen molar-refractivity contribution in [2.75, 3.05) is 13.1 Å². The van der Waals surface area contributed by atoms with Crippen molar-refractivity contribution in [3.63, 3.8) is 0 Å². The van der Waals surface area contributed by atoms with E-state index in [4.69, 9.17) is 9.47 Å². The summed E-state index contributed by atoms with van der Waals surface area (Å²) in [5.41, 5.74) is -1.43. The lowest BCUT2D eigenvalue weighted by atomic mass is 10.2. The van der Waals surface area contributed by atoms with Crippen molar-refractivity contribution < 1.29 is 14.3 Å². The Labute approximate surface area is 134 Å². The van der Waals surface area contributed by atoms with Crippen LogP contribution in [0.1, 0.15) is 27.2 Å². The fourth-order valence-corrected chi connectivity index (χ4v) is 2.31. The van der Waals surface area contributed by atoms with Gasteiger partial charge in [0.1, 0.15) is 11.7 Å². The molecule has 0 aliphatic carbocycles. The standard InChI is InChI=1S/C15H23N3O5/c1-15(2,3)23-14(21)18-7-6-10(9-18)22-12-8-11(19)16(4)13(20)17(12)5/h8,10H,6-7,9H2,1-5H3. The van der Waals surface area contributed by atoms with E-state index in [2.05, 4.69) is 0 Å². The summed E-state index contributed by atoms with van der Waals surface area (Å²) in [4.78, 5) is 37.2. The minimum atomic E-state index is -0.550. The van der Waals surface area contributed by atoms with E-state index in [1.54, 1.807) is 4.90 Å². The highest BCUT2D eigenvalue weighted by atomic mass is 16.6. The summed E-state index contributed by atoms with van der Waals surface area (Å²) in [5.74, 6) is 0.203. The van der Waals surface area contributed by atoms with Gasteiger partial charge in [0.05, 0.1) is 12.6 Å². The summed E-state index contributed by atoms with van der Waals surface area (Å²) < 4.78 is 13.3. The lowest BCUT2D eigenvalue weighted by Gasteiger charge is -2.24. The number of aromatic nitrogens is 2. The minimum absolute atomic E-state index is 0.203. The summed E-state index contributed by atoms with van der Waals surface area (Å²) in [6.07, 6.45) is -0.0514. The van der Waals surface area contributed by atoms with E-state index in [9.17, 15) is 14.4 Å². The van der Waals surface area contributed by atoms with Crippen molar-refractivity contribution in [3.8, 4) is 5.88 Å². The van der Waals surface area contributed by atoms with Crippen LogP contribution in [0.15, 0.2) is 15.7 Å². The second kappa shape index (κ2) is 6.10. The van der Waals surface area contributed by atoms with Crippen LogP contribution in [0.5, 0.6) is 5.88 Å². The van der Waals surface area contributed by atoms with Crippen molar-refractivity contribution in [2.24, 2.45) is 14.1 Å². The van der Waals surface area contributed by atoms with Crippen molar-refractivity contribution >= 4 is 6.09 Å². The Balaban J connectivity index is 2.06. The maximum atomic E-state index is 12.0. The highest BCUT2D eigenvalue weighted by molar-refractivity contribution is 5.68. The van der Waals surface area contributed by atoms with E-state index in [1.165, 1.54) is 24.7 Å². The van der Waals surface area contributed by atoms with Gasteiger partial charge < -0.3 is 14.4 Å². The molecule has 0 radical (unpaired) electrons. The van der Waals surface area contributed by atoms with Crippen LogP contribution in [0.25, 0.3) is 0 Å². The normalized spacial score (nSPS) is 18.1. The van der Waals surface area contributed by atoms with Gasteiger partial charge >= 0.3 is 11.8 Å². The summed E-state index contributed by atoms with van der Waals surface area (Å²) >= 11 is 0. The Hall–Kier alpha value is -2.25. The molecule has 23 heavy (non-hydrogen) atoms. The number of carbonyl (C=O) groups excluding carboxylic acids is 1. The Kier molecular flexibility index (Phi) is 4.53. The molecule has 0 aromatic carbocycles. The van der Waals surface area contributed by atoms with Crippen LogP contribution < -0.4 is 16.0 Å². The molecule has 1 aromatic rings. The van der Waals surface area contributed by atoms with Crippen molar-refractivity contribution in [1.29, 1.82) is 0 Å². The fraction of sp³-hybridized carbons (Fsp3) is 0.667. The minimum Gasteiger partial charge on any atom is -0.473 e. The second-order valence-corrected chi connectivity index (χ2v) is 6.68. The molecule has 2 rings (SSSR count). The zero-order chi connectivity index (χ0) is 17.4. The Bertz CT molecular complexity index is 713. The van der Waals surface area contributed by atoms with Gasteiger partial charge in [-0.15, -0.1) is 0 Å². The molecule has 0 N–H and O–H groups in total.